The van der Waals surface area contributed by atoms with Crippen LogP contribution >= 0.6 is 0 Å². The van der Waals surface area contributed by atoms with Crippen LogP contribution in [0.25, 0.3) is 0 Å². The van der Waals surface area contributed by atoms with Crippen molar-refractivity contribution in [3.05, 3.63) is 23.8 Å². The number of hydrogen-bond acceptors (Lipinski definition) is 6. The van der Waals surface area contributed by atoms with Crippen LogP contribution in [0, 0.1) is 11.3 Å². The summed E-state index contributed by atoms with van der Waals surface area (Å²) >= 11 is 0. The number of amides is 1. The first-order valence-electron chi connectivity index (χ1n) is 9.33. The highest BCUT2D eigenvalue weighted by atomic mass is 16.5. The zero-order valence-corrected chi connectivity index (χ0v) is 16.2. The number of nitrogens with one attached hydrogen (secondary N) is 2. The number of methoxy groups -OCH3 is 3. The van der Waals surface area contributed by atoms with Gasteiger partial charge in [0.1, 0.15) is 0 Å². The van der Waals surface area contributed by atoms with Crippen LogP contribution in [0.4, 0.5) is 0 Å². The van der Waals surface area contributed by atoms with Crippen molar-refractivity contribution in [2.24, 2.45) is 11.3 Å². The second-order valence-corrected chi connectivity index (χ2v) is 7.32. The molecule has 7 heteroatoms. The van der Waals surface area contributed by atoms with Crippen LogP contribution in [-0.4, -0.2) is 46.3 Å². The zero-order valence-electron chi connectivity index (χ0n) is 16.2. The van der Waals surface area contributed by atoms with E-state index >= 15 is 0 Å². The van der Waals surface area contributed by atoms with Crippen LogP contribution in [0.2, 0.25) is 0 Å². The van der Waals surface area contributed by atoms with Gasteiger partial charge in [0, 0.05) is 5.92 Å². The molecule has 7 nitrogen and oxygen atoms in total. The van der Waals surface area contributed by atoms with E-state index in [-0.39, 0.29) is 29.6 Å². The Bertz CT molecular complexity index is 700. The molecule has 1 saturated carbocycles. The van der Waals surface area contributed by atoms with E-state index in [1.165, 1.54) is 7.11 Å². The van der Waals surface area contributed by atoms with Gasteiger partial charge in [0.15, 0.2) is 11.5 Å². The number of benzene rings is 1. The Labute approximate surface area is 159 Å². The Balaban J connectivity index is 1.75. The maximum Gasteiger partial charge on any atom is 0.307 e. The van der Waals surface area contributed by atoms with Crippen molar-refractivity contribution in [1.82, 2.24) is 10.6 Å². The van der Waals surface area contributed by atoms with E-state index in [0.717, 1.165) is 37.9 Å². The van der Waals surface area contributed by atoms with Gasteiger partial charge in [-0.05, 0) is 55.5 Å². The van der Waals surface area contributed by atoms with Crippen LogP contribution in [0.1, 0.15) is 37.3 Å². The summed E-state index contributed by atoms with van der Waals surface area (Å²) in [5.74, 6) is 0.823. The van der Waals surface area contributed by atoms with Crippen molar-refractivity contribution in [3.63, 3.8) is 0 Å². The van der Waals surface area contributed by atoms with Gasteiger partial charge in [-0.15, -0.1) is 0 Å². The van der Waals surface area contributed by atoms with Crippen molar-refractivity contribution in [1.29, 1.82) is 0 Å². The molecular formula is C20H28N2O5. The predicted octanol–water partition coefficient (Wildman–Crippen LogP) is 1.81. The third-order valence-electron chi connectivity index (χ3n) is 5.83. The van der Waals surface area contributed by atoms with Crippen LogP contribution in [0.5, 0.6) is 11.5 Å². The fourth-order valence-corrected chi connectivity index (χ4v) is 4.04. The lowest BCUT2D eigenvalue weighted by molar-refractivity contribution is -0.141. The largest absolute Gasteiger partial charge is 0.493 e. The minimum absolute atomic E-state index is 0.0144. The van der Waals surface area contributed by atoms with E-state index in [1.807, 2.05) is 6.07 Å². The van der Waals surface area contributed by atoms with Crippen molar-refractivity contribution in [3.8, 4) is 11.5 Å². The van der Waals surface area contributed by atoms with Crippen LogP contribution in [0.15, 0.2) is 18.2 Å². The number of esters is 1. The quantitative estimate of drug-likeness (QED) is 0.706. The normalized spacial score (nSPS) is 21.2. The molecule has 2 aliphatic rings. The standard InChI is InChI=1S/C20H28N2O5/c1-25-16-5-4-13(10-17(16)26-2)15(11-18(23)27-3)22-19(24)14-12-20(14)6-8-21-9-7-20/h4-5,10,14-15,21H,6-9,11-12H2,1-3H3,(H,22,24). The minimum Gasteiger partial charge on any atom is -0.493 e. The van der Waals surface area contributed by atoms with E-state index in [4.69, 9.17) is 14.2 Å². The molecule has 1 aliphatic carbocycles. The summed E-state index contributed by atoms with van der Waals surface area (Å²) in [6.45, 7) is 1.93. The maximum atomic E-state index is 12.9. The molecule has 1 saturated heterocycles. The van der Waals surface area contributed by atoms with Crippen molar-refractivity contribution < 1.29 is 23.8 Å². The number of rotatable bonds is 7. The first-order valence-corrected chi connectivity index (χ1v) is 9.33. The van der Waals surface area contributed by atoms with Gasteiger partial charge in [0.2, 0.25) is 5.91 Å². The Morgan fingerprint density at radius 3 is 2.52 bits per heavy atom. The van der Waals surface area contributed by atoms with Crippen molar-refractivity contribution >= 4 is 11.9 Å². The van der Waals surface area contributed by atoms with Crippen LogP contribution in [0.3, 0.4) is 0 Å². The summed E-state index contributed by atoms with van der Waals surface area (Å²) in [6, 6.07) is 4.93. The lowest BCUT2D eigenvalue weighted by atomic mass is 9.91. The van der Waals surface area contributed by atoms with E-state index < -0.39 is 6.04 Å². The molecule has 27 heavy (non-hydrogen) atoms. The summed E-state index contributed by atoms with van der Waals surface area (Å²) in [5, 5.41) is 6.41. The van der Waals surface area contributed by atoms with Gasteiger partial charge in [0.05, 0.1) is 33.8 Å². The Morgan fingerprint density at radius 1 is 1.19 bits per heavy atom. The average Bonchev–Trinajstić information content (AvgIpc) is 3.39. The smallest absolute Gasteiger partial charge is 0.307 e. The Hall–Kier alpha value is -2.28. The number of piperidine rings is 1. The third-order valence-corrected chi connectivity index (χ3v) is 5.83. The van der Waals surface area contributed by atoms with Gasteiger partial charge in [-0.1, -0.05) is 6.07 Å². The number of carbonyl (C=O) groups excluding carboxylic acids is 2. The topological polar surface area (TPSA) is 85.9 Å². The highest BCUT2D eigenvalue weighted by Crippen LogP contribution is 2.58. The number of hydrogen-bond donors (Lipinski definition) is 2. The summed E-state index contributed by atoms with van der Waals surface area (Å²) in [4.78, 5) is 24.8. The zero-order chi connectivity index (χ0) is 19.4. The molecule has 0 aromatic heterocycles. The molecule has 2 unspecified atom stereocenters. The third kappa shape index (κ3) is 4.18. The molecule has 1 aromatic rings. The Morgan fingerprint density at radius 2 is 1.89 bits per heavy atom. The van der Waals surface area contributed by atoms with E-state index in [9.17, 15) is 9.59 Å². The molecule has 2 atom stereocenters. The van der Waals surface area contributed by atoms with Gasteiger partial charge in [0.25, 0.3) is 0 Å². The fourth-order valence-electron chi connectivity index (χ4n) is 4.04. The SMILES string of the molecule is COC(=O)CC(NC(=O)C1CC12CCNCC2)c1ccc(OC)c(OC)c1. The van der Waals surface area contributed by atoms with Gasteiger partial charge < -0.3 is 24.8 Å². The molecule has 148 valence electrons. The molecule has 1 spiro atoms. The van der Waals surface area contributed by atoms with Gasteiger partial charge in [-0.25, -0.2) is 0 Å². The average molecular weight is 376 g/mol. The summed E-state index contributed by atoms with van der Waals surface area (Å²) < 4.78 is 15.4. The van der Waals surface area contributed by atoms with Gasteiger partial charge >= 0.3 is 5.97 Å². The van der Waals surface area contributed by atoms with E-state index in [2.05, 4.69) is 10.6 Å². The molecule has 1 amide bonds. The molecule has 1 heterocycles. The second kappa shape index (κ2) is 8.17. The molecule has 3 rings (SSSR count). The van der Waals surface area contributed by atoms with Gasteiger partial charge in [-0.3, -0.25) is 9.59 Å². The predicted molar refractivity (Wildman–Crippen MR) is 99.7 cm³/mol. The lowest BCUT2D eigenvalue weighted by Gasteiger charge is -2.24. The summed E-state index contributed by atoms with van der Waals surface area (Å²) in [7, 11) is 4.47. The van der Waals surface area contributed by atoms with Crippen molar-refractivity contribution in [2.75, 3.05) is 34.4 Å². The van der Waals surface area contributed by atoms with E-state index in [1.54, 1.807) is 26.4 Å². The van der Waals surface area contributed by atoms with Crippen LogP contribution in [-0.2, 0) is 14.3 Å². The van der Waals surface area contributed by atoms with Crippen LogP contribution < -0.4 is 20.1 Å². The molecule has 0 radical (unpaired) electrons. The molecule has 0 bridgehead atoms. The lowest BCUT2D eigenvalue weighted by Crippen LogP contribution is -2.36. The minimum atomic E-state index is -0.468. The first-order chi connectivity index (χ1) is 13.0. The summed E-state index contributed by atoms with van der Waals surface area (Å²) in [5.41, 5.74) is 0.925. The second-order valence-electron chi connectivity index (χ2n) is 7.32. The Kier molecular flexibility index (Phi) is 5.89. The monoisotopic (exact) mass is 376 g/mol. The molecule has 1 aromatic carbocycles. The molecule has 1 aliphatic heterocycles. The van der Waals surface area contributed by atoms with Gasteiger partial charge in [-0.2, -0.15) is 0 Å². The maximum absolute atomic E-state index is 12.9. The van der Waals surface area contributed by atoms with Crippen molar-refractivity contribution in [2.45, 2.75) is 31.7 Å². The number of ether oxygens (including phenoxy) is 3. The fraction of sp³-hybridized carbons (Fsp3) is 0.600. The molecular weight excluding hydrogens is 348 g/mol. The molecule has 2 fully saturated rings. The first kappa shape index (κ1) is 19.5. The van der Waals surface area contributed by atoms with E-state index in [0.29, 0.717) is 11.5 Å². The highest BCUT2D eigenvalue weighted by Gasteiger charge is 2.57. The molecule has 2 N–H and O–H groups in total. The highest BCUT2D eigenvalue weighted by molar-refractivity contribution is 5.83. The summed E-state index contributed by atoms with van der Waals surface area (Å²) in [6.07, 6.45) is 3.06. The number of carbonyl (C=O) groups is 2.